The van der Waals surface area contributed by atoms with E-state index in [0.717, 1.165) is 10.7 Å². The first kappa shape index (κ1) is 20.5. The van der Waals surface area contributed by atoms with Gasteiger partial charge in [0.1, 0.15) is 5.76 Å². The molecular weight excluding hydrogens is 408 g/mol. The molecule has 2 N–H and O–H groups in total. The van der Waals surface area contributed by atoms with Gasteiger partial charge >= 0.3 is 18.3 Å². The molecular formula is C15H11Cl2F3N6O. The van der Waals surface area contributed by atoms with E-state index in [9.17, 15) is 13.2 Å². The van der Waals surface area contributed by atoms with Crippen LogP contribution in [-0.4, -0.2) is 25.9 Å². The fourth-order valence-corrected chi connectivity index (χ4v) is 2.26. The Balaban J connectivity index is 0.00000261. The number of alkyl halides is 3. The van der Waals surface area contributed by atoms with E-state index in [1.807, 2.05) is 0 Å². The lowest BCUT2D eigenvalue weighted by Crippen LogP contribution is -3.00. The SMILES string of the molecule is Cc1nnc(N=[N+]=Cc2ccc(-c3ccc(Cl)c(C(F)(F)F)c3)o2)n1N.[Cl-]. The van der Waals surface area contributed by atoms with Crippen LogP contribution in [0.1, 0.15) is 17.1 Å². The van der Waals surface area contributed by atoms with Crippen molar-refractivity contribution in [2.45, 2.75) is 13.1 Å². The summed E-state index contributed by atoms with van der Waals surface area (Å²) < 4.78 is 45.4. The lowest BCUT2D eigenvalue weighted by Gasteiger charge is -2.09. The Morgan fingerprint density at radius 1 is 1.26 bits per heavy atom. The quantitative estimate of drug-likeness (QED) is 0.292. The Bertz CT molecular complexity index is 1020. The summed E-state index contributed by atoms with van der Waals surface area (Å²) in [6, 6.07) is 6.57. The maximum absolute atomic E-state index is 12.9. The average molecular weight is 419 g/mol. The molecule has 0 amide bonds. The summed E-state index contributed by atoms with van der Waals surface area (Å²) >= 11 is 5.61. The molecule has 27 heavy (non-hydrogen) atoms. The summed E-state index contributed by atoms with van der Waals surface area (Å²) in [5.41, 5.74) is -0.702. The van der Waals surface area contributed by atoms with Gasteiger partial charge in [-0.3, -0.25) is 0 Å². The van der Waals surface area contributed by atoms with E-state index in [0.29, 0.717) is 5.82 Å². The van der Waals surface area contributed by atoms with Crippen LogP contribution in [0.2, 0.25) is 5.02 Å². The summed E-state index contributed by atoms with van der Waals surface area (Å²) in [5, 5.41) is 10.8. The molecule has 0 fully saturated rings. The summed E-state index contributed by atoms with van der Waals surface area (Å²) in [5.74, 6) is 6.69. The number of aryl methyl sites for hydroxylation is 1. The Labute approximate surface area is 161 Å². The van der Waals surface area contributed by atoms with E-state index >= 15 is 0 Å². The van der Waals surface area contributed by atoms with Gasteiger partial charge in [0.25, 0.3) is 0 Å². The van der Waals surface area contributed by atoms with Crippen LogP contribution in [0.25, 0.3) is 11.3 Å². The van der Waals surface area contributed by atoms with Gasteiger partial charge in [-0.2, -0.15) is 13.2 Å². The first-order valence-electron chi connectivity index (χ1n) is 7.14. The number of halogens is 5. The van der Waals surface area contributed by atoms with E-state index in [2.05, 4.69) is 20.1 Å². The van der Waals surface area contributed by atoms with Crippen molar-refractivity contribution in [2.24, 2.45) is 5.11 Å². The molecule has 0 bridgehead atoms. The highest BCUT2D eigenvalue weighted by Crippen LogP contribution is 2.37. The number of hydrogen-bond donors (Lipinski definition) is 1. The topological polar surface area (TPSA) is 96.3 Å². The lowest BCUT2D eigenvalue weighted by molar-refractivity contribution is -0.137. The third-order valence-electron chi connectivity index (χ3n) is 3.36. The molecule has 0 aliphatic heterocycles. The molecule has 0 aliphatic rings. The number of rotatable bonds is 3. The second-order valence-corrected chi connectivity index (χ2v) is 5.56. The van der Waals surface area contributed by atoms with Gasteiger partial charge in [-0.25, -0.2) is 4.68 Å². The zero-order valence-electron chi connectivity index (χ0n) is 13.6. The van der Waals surface area contributed by atoms with Gasteiger partial charge in [-0.05, 0) is 37.3 Å². The van der Waals surface area contributed by atoms with Crippen molar-refractivity contribution >= 4 is 23.8 Å². The van der Waals surface area contributed by atoms with E-state index in [4.69, 9.17) is 21.9 Å². The minimum absolute atomic E-state index is 0. The number of nitrogens with zero attached hydrogens (tertiary/aromatic N) is 5. The molecule has 0 radical (unpaired) electrons. The van der Waals surface area contributed by atoms with Crippen LogP contribution in [0.4, 0.5) is 19.1 Å². The van der Waals surface area contributed by atoms with Gasteiger partial charge in [-0.15, -0.1) is 10.2 Å². The predicted octanol–water partition coefficient (Wildman–Crippen LogP) is 0.648. The minimum Gasteiger partial charge on any atom is -1.00 e. The summed E-state index contributed by atoms with van der Waals surface area (Å²) in [4.78, 5) is 3.77. The molecule has 0 aliphatic carbocycles. The Morgan fingerprint density at radius 2 is 2.00 bits per heavy atom. The lowest BCUT2D eigenvalue weighted by atomic mass is 10.1. The van der Waals surface area contributed by atoms with E-state index < -0.39 is 11.7 Å². The highest BCUT2D eigenvalue weighted by Gasteiger charge is 2.33. The zero-order valence-corrected chi connectivity index (χ0v) is 15.1. The molecule has 3 rings (SSSR count). The molecule has 0 atom stereocenters. The Hall–Kier alpha value is -2.81. The van der Waals surface area contributed by atoms with Crippen LogP contribution in [0, 0.1) is 6.92 Å². The minimum atomic E-state index is -4.56. The van der Waals surface area contributed by atoms with Gasteiger partial charge in [0.05, 0.1) is 15.4 Å². The van der Waals surface area contributed by atoms with Gasteiger partial charge in [-0.1, -0.05) is 11.6 Å². The van der Waals surface area contributed by atoms with Crippen LogP contribution in [0.15, 0.2) is 39.9 Å². The molecule has 0 spiro atoms. The van der Waals surface area contributed by atoms with Crippen LogP contribution < -0.4 is 18.2 Å². The van der Waals surface area contributed by atoms with Crippen LogP contribution >= 0.6 is 11.6 Å². The third kappa shape index (κ3) is 4.48. The Morgan fingerprint density at radius 3 is 2.63 bits per heavy atom. The molecule has 12 heteroatoms. The van der Waals surface area contributed by atoms with Gasteiger partial charge in [0.15, 0.2) is 10.9 Å². The highest BCUT2D eigenvalue weighted by molar-refractivity contribution is 6.31. The fraction of sp³-hybridized carbons (Fsp3) is 0.133. The third-order valence-corrected chi connectivity index (χ3v) is 3.69. The maximum Gasteiger partial charge on any atom is 0.417 e. The summed E-state index contributed by atoms with van der Waals surface area (Å²) in [6.07, 6.45) is -3.28. The van der Waals surface area contributed by atoms with Gasteiger partial charge in [0.2, 0.25) is 5.76 Å². The number of furan rings is 1. The fourth-order valence-electron chi connectivity index (χ4n) is 2.04. The van der Waals surface area contributed by atoms with Gasteiger partial charge < -0.3 is 22.7 Å². The van der Waals surface area contributed by atoms with E-state index in [1.165, 1.54) is 30.5 Å². The summed E-state index contributed by atoms with van der Waals surface area (Å²) in [7, 11) is 0. The molecule has 0 saturated heterocycles. The highest BCUT2D eigenvalue weighted by atomic mass is 35.5. The number of benzene rings is 1. The number of nitrogens with two attached hydrogens (primary N) is 1. The summed E-state index contributed by atoms with van der Waals surface area (Å²) in [6.45, 7) is 1.65. The van der Waals surface area contributed by atoms with Crippen LogP contribution in [-0.2, 0) is 6.18 Å². The largest absolute Gasteiger partial charge is 1.00 e. The molecule has 3 aromatic rings. The van der Waals surface area contributed by atoms with Crippen LogP contribution in [0.5, 0.6) is 0 Å². The first-order valence-corrected chi connectivity index (χ1v) is 7.51. The average Bonchev–Trinajstić information content (AvgIpc) is 3.16. The van der Waals surface area contributed by atoms with Crippen molar-refractivity contribution in [1.82, 2.24) is 14.9 Å². The van der Waals surface area contributed by atoms with E-state index in [-0.39, 0.29) is 40.5 Å². The molecule has 0 unspecified atom stereocenters. The molecule has 1 aromatic carbocycles. The maximum atomic E-state index is 12.9. The van der Waals surface area contributed by atoms with Crippen molar-refractivity contribution in [1.29, 1.82) is 0 Å². The zero-order chi connectivity index (χ0) is 18.9. The van der Waals surface area contributed by atoms with Crippen LogP contribution in [0.3, 0.4) is 0 Å². The normalized spacial score (nSPS) is 10.9. The first-order chi connectivity index (χ1) is 12.3. The number of hydrogen-bond acceptors (Lipinski definition) is 5. The molecule has 0 saturated carbocycles. The van der Waals surface area contributed by atoms with Crippen molar-refractivity contribution < 1.29 is 34.8 Å². The second-order valence-electron chi connectivity index (χ2n) is 5.16. The van der Waals surface area contributed by atoms with Gasteiger partial charge in [0, 0.05) is 5.56 Å². The number of nitrogen functional groups attached to an aromatic ring is 1. The van der Waals surface area contributed by atoms with Crippen molar-refractivity contribution in [3.05, 3.63) is 52.5 Å². The standard InChI is InChI=1S/C15H11ClF3N6O.ClH/c1-8-22-24-14(25(8)20)23-21-7-10-3-5-13(26-10)9-2-4-12(16)11(6-9)15(17,18)19;/h2-7H,1H3,(H2,20,23,24);1H/q+1;/p-1. The Kier molecular flexibility index (Phi) is 5.94. The molecule has 7 nitrogen and oxygen atoms in total. The van der Waals surface area contributed by atoms with Crippen molar-refractivity contribution in [3.8, 4) is 11.3 Å². The monoisotopic (exact) mass is 418 g/mol. The molecule has 2 aromatic heterocycles. The second kappa shape index (κ2) is 7.83. The predicted molar refractivity (Wildman–Crippen MR) is 86.6 cm³/mol. The van der Waals surface area contributed by atoms with E-state index in [1.54, 1.807) is 6.92 Å². The molecule has 142 valence electrons. The number of aromatic nitrogens is 3. The molecule has 2 heterocycles. The smallest absolute Gasteiger partial charge is 0.417 e. The van der Waals surface area contributed by atoms with Crippen molar-refractivity contribution in [3.63, 3.8) is 0 Å². The van der Waals surface area contributed by atoms with Crippen molar-refractivity contribution in [2.75, 3.05) is 5.84 Å².